The molecule has 0 aliphatic carbocycles. The summed E-state index contributed by atoms with van der Waals surface area (Å²) in [5.74, 6) is -0.562. The molecule has 9 nitrogen and oxygen atoms in total. The number of nitrogens with zero attached hydrogens (tertiary/aromatic N) is 1. The number of amides is 1. The van der Waals surface area contributed by atoms with Crippen LogP contribution in [0.25, 0.3) is 0 Å². The lowest BCUT2D eigenvalue weighted by molar-refractivity contribution is -0.870. The maximum atomic E-state index is 13.4. The molecule has 0 aromatic heterocycles. The van der Waals surface area contributed by atoms with E-state index in [1.807, 2.05) is 33.3 Å². The SMILES string of the molecule is CCCCC/C=C\C/C=C\C/C=C\CCCCCCC(=O)NC(COP(=O)([O-])OCC[N+](C)(C)C)C(/C=C/CCCCCCCCCCC)OC(=O)CCCCCCCCCCCCCCC. The molecule has 10 heteroatoms. The van der Waals surface area contributed by atoms with Gasteiger partial charge >= 0.3 is 5.97 Å². The highest BCUT2D eigenvalue weighted by Gasteiger charge is 2.27. The monoisotopic (exact) mass is 963 g/mol. The van der Waals surface area contributed by atoms with Gasteiger partial charge in [-0.15, -0.1) is 0 Å². The average molecular weight is 963 g/mol. The van der Waals surface area contributed by atoms with E-state index in [0.29, 0.717) is 23.9 Å². The molecular formula is C57H107N2O7P. The summed E-state index contributed by atoms with van der Waals surface area (Å²) in [7, 11) is 1.17. The number of unbranched alkanes of at least 4 members (excludes halogenated alkanes) is 28. The van der Waals surface area contributed by atoms with Gasteiger partial charge in [-0.2, -0.15) is 0 Å². The number of quaternary nitrogens is 1. The Morgan fingerprint density at radius 3 is 1.39 bits per heavy atom. The first-order valence-electron chi connectivity index (χ1n) is 27.9. The van der Waals surface area contributed by atoms with E-state index in [1.165, 1.54) is 135 Å². The number of carbonyl (C=O) groups excluding carboxylic acids is 2. The Morgan fingerprint density at radius 1 is 0.522 bits per heavy atom. The first-order chi connectivity index (χ1) is 32.4. The molecule has 392 valence electrons. The standard InChI is InChI=1S/C57H107N2O7P/c1-7-10-13-16-19-22-25-27-28-29-30-32-34-37-40-43-46-49-56(60)58-54(53-65-67(62,63)64-52-51-59(4,5)6)55(48-45-42-39-36-33-24-21-18-15-12-9-3)66-57(61)50-47-44-41-38-35-31-26-23-20-17-14-11-8-2/h19,22,27-28,30,32,45,48,54-55H,7-18,20-21,23-26,29,31,33-44,46-47,49-53H2,1-6H3,(H-,58,60,62,63)/b22-19-,28-27-,32-30-,48-45+. The molecule has 0 heterocycles. The van der Waals surface area contributed by atoms with Crippen LogP contribution in [0.1, 0.15) is 252 Å². The summed E-state index contributed by atoms with van der Waals surface area (Å²) in [5.41, 5.74) is 0. The van der Waals surface area contributed by atoms with Gasteiger partial charge in [0.25, 0.3) is 7.82 Å². The fourth-order valence-corrected chi connectivity index (χ4v) is 8.60. The third-order valence-electron chi connectivity index (χ3n) is 12.3. The van der Waals surface area contributed by atoms with E-state index >= 15 is 0 Å². The van der Waals surface area contributed by atoms with E-state index in [-0.39, 0.29) is 24.9 Å². The normalized spacial score (nSPS) is 14.2. The number of nitrogens with one attached hydrogen (secondary N) is 1. The van der Waals surface area contributed by atoms with E-state index < -0.39 is 26.6 Å². The van der Waals surface area contributed by atoms with Crippen LogP contribution in [0.3, 0.4) is 0 Å². The molecule has 0 spiro atoms. The van der Waals surface area contributed by atoms with Crippen molar-refractivity contribution in [2.75, 3.05) is 40.9 Å². The Bertz CT molecular complexity index is 1290. The second kappa shape index (κ2) is 47.6. The van der Waals surface area contributed by atoms with Crippen molar-refractivity contribution in [3.8, 4) is 0 Å². The Kier molecular flexibility index (Phi) is 46.2. The second-order valence-electron chi connectivity index (χ2n) is 20.1. The van der Waals surface area contributed by atoms with Crippen LogP contribution in [0, 0.1) is 0 Å². The average Bonchev–Trinajstić information content (AvgIpc) is 3.28. The second-order valence-corrected chi connectivity index (χ2v) is 21.5. The van der Waals surface area contributed by atoms with Crippen molar-refractivity contribution in [2.45, 2.75) is 264 Å². The predicted molar refractivity (Wildman–Crippen MR) is 284 cm³/mol. The molecule has 1 N–H and O–H groups in total. The van der Waals surface area contributed by atoms with Crippen LogP contribution in [-0.2, 0) is 27.9 Å². The van der Waals surface area contributed by atoms with Gasteiger partial charge < -0.3 is 28.5 Å². The van der Waals surface area contributed by atoms with E-state index in [2.05, 4.69) is 62.5 Å². The summed E-state index contributed by atoms with van der Waals surface area (Å²) >= 11 is 0. The molecule has 0 saturated heterocycles. The van der Waals surface area contributed by atoms with Crippen molar-refractivity contribution < 1.29 is 37.3 Å². The number of rotatable bonds is 50. The summed E-state index contributed by atoms with van der Waals surface area (Å²) in [4.78, 5) is 39.7. The number of phosphoric acid groups is 1. The van der Waals surface area contributed by atoms with E-state index in [9.17, 15) is 19.0 Å². The Labute approximate surface area is 414 Å². The predicted octanol–water partition coefficient (Wildman–Crippen LogP) is 15.9. The van der Waals surface area contributed by atoms with Crippen LogP contribution in [0.2, 0.25) is 0 Å². The molecule has 0 aromatic carbocycles. The number of hydrogen-bond acceptors (Lipinski definition) is 7. The molecule has 3 atom stereocenters. The first-order valence-corrected chi connectivity index (χ1v) is 29.4. The quantitative estimate of drug-likeness (QED) is 0.0212. The Hall–Kier alpha value is -2.03. The lowest BCUT2D eigenvalue weighted by Crippen LogP contribution is -2.47. The van der Waals surface area contributed by atoms with Gasteiger partial charge in [0, 0.05) is 12.8 Å². The summed E-state index contributed by atoms with van der Waals surface area (Å²) in [5, 5.41) is 3.00. The molecule has 0 aliphatic rings. The van der Waals surface area contributed by atoms with Crippen molar-refractivity contribution in [1.82, 2.24) is 5.32 Å². The van der Waals surface area contributed by atoms with Crippen molar-refractivity contribution in [3.63, 3.8) is 0 Å². The van der Waals surface area contributed by atoms with Gasteiger partial charge in [-0.05, 0) is 70.3 Å². The van der Waals surface area contributed by atoms with Gasteiger partial charge in [0.15, 0.2) is 0 Å². The van der Waals surface area contributed by atoms with Crippen LogP contribution in [-0.4, -0.2) is 69.4 Å². The Balaban J connectivity index is 5.38. The highest BCUT2D eigenvalue weighted by molar-refractivity contribution is 7.45. The van der Waals surface area contributed by atoms with Crippen LogP contribution >= 0.6 is 7.82 Å². The zero-order valence-corrected chi connectivity index (χ0v) is 45.5. The highest BCUT2D eigenvalue weighted by atomic mass is 31.2. The van der Waals surface area contributed by atoms with E-state index in [0.717, 1.165) is 77.0 Å². The minimum Gasteiger partial charge on any atom is -0.756 e. The Morgan fingerprint density at radius 2 is 0.910 bits per heavy atom. The minimum atomic E-state index is -4.69. The topological polar surface area (TPSA) is 114 Å². The first kappa shape index (κ1) is 65.0. The molecule has 0 radical (unpaired) electrons. The fourth-order valence-electron chi connectivity index (χ4n) is 7.88. The molecule has 0 rings (SSSR count). The number of esters is 1. The van der Waals surface area contributed by atoms with E-state index in [4.69, 9.17) is 13.8 Å². The summed E-state index contributed by atoms with van der Waals surface area (Å²) < 4.78 is 30.2. The molecule has 0 bridgehead atoms. The third kappa shape index (κ3) is 48.8. The van der Waals surface area contributed by atoms with Gasteiger partial charge in [0.1, 0.15) is 19.3 Å². The van der Waals surface area contributed by atoms with Crippen molar-refractivity contribution >= 4 is 19.7 Å². The number of likely N-dealkylation sites (N-methyl/N-ethyl adjacent to an activating group) is 1. The highest BCUT2D eigenvalue weighted by Crippen LogP contribution is 2.38. The molecule has 1 amide bonds. The number of hydrogen-bond donors (Lipinski definition) is 1. The summed E-state index contributed by atoms with van der Waals surface area (Å²) in [6, 6.07) is -0.896. The molecule has 0 fully saturated rings. The maximum Gasteiger partial charge on any atom is 0.306 e. The number of allylic oxidation sites excluding steroid dienone is 7. The van der Waals surface area contributed by atoms with Crippen LogP contribution in [0.4, 0.5) is 0 Å². The van der Waals surface area contributed by atoms with Gasteiger partial charge in [-0.1, -0.05) is 217 Å². The summed E-state index contributed by atoms with van der Waals surface area (Å²) in [6.07, 6.45) is 56.4. The molecule has 67 heavy (non-hydrogen) atoms. The number of phosphoric ester groups is 1. The van der Waals surface area contributed by atoms with Crippen LogP contribution < -0.4 is 10.2 Å². The van der Waals surface area contributed by atoms with Crippen molar-refractivity contribution in [1.29, 1.82) is 0 Å². The maximum absolute atomic E-state index is 13.4. The molecule has 0 saturated carbocycles. The van der Waals surface area contributed by atoms with Crippen molar-refractivity contribution in [3.05, 3.63) is 48.6 Å². The molecule has 3 unspecified atom stereocenters. The number of ether oxygens (including phenoxy) is 1. The molecule has 0 aromatic rings. The lowest BCUT2D eigenvalue weighted by atomic mass is 10.0. The van der Waals surface area contributed by atoms with Gasteiger partial charge in [0.05, 0.1) is 33.8 Å². The summed E-state index contributed by atoms with van der Waals surface area (Å²) in [6.45, 7) is 6.79. The lowest BCUT2D eigenvalue weighted by Gasteiger charge is -2.30. The van der Waals surface area contributed by atoms with Crippen LogP contribution in [0.5, 0.6) is 0 Å². The van der Waals surface area contributed by atoms with Gasteiger partial charge in [-0.25, -0.2) is 0 Å². The molecule has 0 aliphatic heterocycles. The third-order valence-corrected chi connectivity index (χ3v) is 13.2. The van der Waals surface area contributed by atoms with Crippen molar-refractivity contribution in [2.24, 2.45) is 0 Å². The largest absolute Gasteiger partial charge is 0.756 e. The zero-order valence-electron chi connectivity index (χ0n) is 44.6. The fraction of sp³-hybridized carbons (Fsp3) is 0.825. The van der Waals surface area contributed by atoms with Gasteiger partial charge in [0.2, 0.25) is 5.91 Å². The van der Waals surface area contributed by atoms with Gasteiger partial charge in [-0.3, -0.25) is 14.2 Å². The van der Waals surface area contributed by atoms with Crippen LogP contribution in [0.15, 0.2) is 48.6 Å². The van der Waals surface area contributed by atoms with E-state index in [1.54, 1.807) is 0 Å². The number of carbonyl (C=O) groups is 2. The smallest absolute Gasteiger partial charge is 0.306 e. The zero-order chi connectivity index (χ0) is 49.4. The minimum absolute atomic E-state index is 0.0263. The molecular weight excluding hydrogens is 856 g/mol.